The van der Waals surface area contributed by atoms with E-state index in [0.29, 0.717) is 17.8 Å². The molecule has 2 heterocycles. The molecule has 1 aliphatic rings. The van der Waals surface area contributed by atoms with E-state index in [-0.39, 0.29) is 16.8 Å². The van der Waals surface area contributed by atoms with Gasteiger partial charge in [-0.15, -0.1) is 0 Å². The number of anilines is 1. The smallest absolute Gasteiger partial charge is 0.255 e. The number of nitrogens with one attached hydrogen (secondary N) is 1. The van der Waals surface area contributed by atoms with Crippen LogP contribution >= 0.6 is 0 Å². The summed E-state index contributed by atoms with van der Waals surface area (Å²) in [7, 11) is -3.61. The van der Waals surface area contributed by atoms with Gasteiger partial charge in [-0.2, -0.15) is 4.31 Å². The van der Waals surface area contributed by atoms with Crippen molar-refractivity contribution in [2.24, 2.45) is 0 Å². The molecule has 3 rings (SSSR count). The number of amides is 1. The molecule has 1 unspecified atom stereocenters. The first-order valence-corrected chi connectivity index (χ1v) is 10.2. The van der Waals surface area contributed by atoms with E-state index in [0.717, 1.165) is 24.8 Å². The SMILES string of the molecule is Cc1ccc(S(=O)(=O)N2CCCCC2C)cc1C(=O)Nc1ccncc1. The average molecular weight is 373 g/mol. The van der Waals surface area contributed by atoms with Gasteiger partial charge < -0.3 is 5.32 Å². The fraction of sp³-hybridized carbons (Fsp3) is 0.368. The number of rotatable bonds is 4. The maximum atomic E-state index is 13.0. The lowest BCUT2D eigenvalue weighted by molar-refractivity contribution is 0.102. The summed E-state index contributed by atoms with van der Waals surface area (Å²) in [6, 6.07) is 8.08. The molecule has 0 spiro atoms. The quantitative estimate of drug-likeness (QED) is 0.892. The Morgan fingerprint density at radius 1 is 1.19 bits per heavy atom. The van der Waals surface area contributed by atoms with Crippen LogP contribution in [-0.2, 0) is 10.0 Å². The van der Waals surface area contributed by atoms with Gasteiger partial charge >= 0.3 is 0 Å². The van der Waals surface area contributed by atoms with Crippen molar-refractivity contribution in [2.45, 2.75) is 44.0 Å². The molecule has 138 valence electrons. The van der Waals surface area contributed by atoms with Gasteiger partial charge in [0.15, 0.2) is 0 Å². The van der Waals surface area contributed by atoms with Crippen molar-refractivity contribution in [3.8, 4) is 0 Å². The first-order chi connectivity index (χ1) is 12.4. The zero-order valence-electron chi connectivity index (χ0n) is 15.0. The number of piperidine rings is 1. The molecule has 7 heteroatoms. The molecule has 1 fully saturated rings. The van der Waals surface area contributed by atoms with E-state index < -0.39 is 10.0 Å². The summed E-state index contributed by atoms with van der Waals surface area (Å²) in [6.07, 6.45) is 5.94. The third kappa shape index (κ3) is 3.78. The topological polar surface area (TPSA) is 79.4 Å². The van der Waals surface area contributed by atoms with Gasteiger partial charge in [-0.05, 0) is 56.5 Å². The summed E-state index contributed by atoms with van der Waals surface area (Å²) in [5, 5.41) is 2.78. The van der Waals surface area contributed by atoms with Crippen LogP contribution in [0.4, 0.5) is 5.69 Å². The number of carbonyl (C=O) groups excluding carboxylic acids is 1. The highest BCUT2D eigenvalue weighted by atomic mass is 32.2. The second kappa shape index (κ2) is 7.55. The summed E-state index contributed by atoms with van der Waals surface area (Å²) >= 11 is 0. The van der Waals surface area contributed by atoms with Gasteiger partial charge in [-0.3, -0.25) is 9.78 Å². The molecule has 26 heavy (non-hydrogen) atoms. The first-order valence-electron chi connectivity index (χ1n) is 8.73. The lowest BCUT2D eigenvalue weighted by atomic mass is 10.1. The summed E-state index contributed by atoms with van der Waals surface area (Å²) in [4.78, 5) is 16.7. The zero-order chi connectivity index (χ0) is 18.7. The lowest BCUT2D eigenvalue weighted by Gasteiger charge is -2.32. The van der Waals surface area contributed by atoms with Crippen molar-refractivity contribution in [2.75, 3.05) is 11.9 Å². The maximum absolute atomic E-state index is 13.0. The Kier molecular flexibility index (Phi) is 5.38. The molecule has 1 aliphatic heterocycles. The third-order valence-electron chi connectivity index (χ3n) is 4.74. The van der Waals surface area contributed by atoms with E-state index in [9.17, 15) is 13.2 Å². The molecule has 6 nitrogen and oxygen atoms in total. The Labute approximate surface area is 154 Å². The number of hydrogen-bond donors (Lipinski definition) is 1. The highest BCUT2D eigenvalue weighted by Gasteiger charge is 2.31. The van der Waals surface area contributed by atoms with Crippen LogP contribution in [0.2, 0.25) is 0 Å². The summed E-state index contributed by atoms with van der Waals surface area (Å²) in [5.74, 6) is -0.336. The highest BCUT2D eigenvalue weighted by Crippen LogP contribution is 2.26. The van der Waals surface area contributed by atoms with Crippen LogP contribution in [0.15, 0.2) is 47.6 Å². The molecule has 1 N–H and O–H groups in total. The molecule has 1 aromatic carbocycles. The van der Waals surface area contributed by atoms with Crippen molar-refractivity contribution >= 4 is 21.6 Å². The van der Waals surface area contributed by atoms with Crippen molar-refractivity contribution < 1.29 is 13.2 Å². The molecular formula is C19H23N3O3S. The van der Waals surface area contributed by atoms with Crippen LogP contribution in [-0.4, -0.2) is 36.2 Å². The van der Waals surface area contributed by atoms with Gasteiger partial charge in [0.05, 0.1) is 4.90 Å². The highest BCUT2D eigenvalue weighted by molar-refractivity contribution is 7.89. The van der Waals surface area contributed by atoms with Gasteiger partial charge in [-0.25, -0.2) is 8.42 Å². The fourth-order valence-electron chi connectivity index (χ4n) is 3.20. The van der Waals surface area contributed by atoms with Gasteiger partial charge in [-0.1, -0.05) is 12.5 Å². The number of aromatic nitrogens is 1. The second-order valence-electron chi connectivity index (χ2n) is 6.63. The van der Waals surface area contributed by atoms with Crippen LogP contribution in [0.1, 0.15) is 42.1 Å². The minimum atomic E-state index is -3.61. The van der Waals surface area contributed by atoms with Gasteiger partial charge in [0.2, 0.25) is 10.0 Å². The Bertz CT molecular complexity index is 898. The van der Waals surface area contributed by atoms with Crippen LogP contribution in [0.3, 0.4) is 0 Å². The molecule has 1 atom stereocenters. The largest absolute Gasteiger partial charge is 0.322 e. The van der Waals surface area contributed by atoms with E-state index in [1.807, 2.05) is 6.92 Å². The normalized spacial score (nSPS) is 18.5. The van der Waals surface area contributed by atoms with Crippen LogP contribution < -0.4 is 5.32 Å². The second-order valence-corrected chi connectivity index (χ2v) is 8.52. The molecule has 2 aromatic rings. The predicted octanol–water partition coefficient (Wildman–Crippen LogP) is 3.21. The Hall–Kier alpha value is -2.25. The number of sulfonamides is 1. The van der Waals surface area contributed by atoms with Crippen molar-refractivity contribution in [1.29, 1.82) is 0 Å². The molecule has 0 radical (unpaired) electrons. The average Bonchev–Trinajstić information content (AvgIpc) is 2.63. The van der Waals surface area contributed by atoms with Crippen LogP contribution in [0, 0.1) is 6.92 Å². The zero-order valence-corrected chi connectivity index (χ0v) is 15.8. The van der Waals surface area contributed by atoms with Gasteiger partial charge in [0, 0.05) is 36.2 Å². The fourth-order valence-corrected chi connectivity index (χ4v) is 4.93. The predicted molar refractivity (Wildman–Crippen MR) is 101 cm³/mol. The number of hydrogen-bond acceptors (Lipinski definition) is 4. The maximum Gasteiger partial charge on any atom is 0.255 e. The summed E-state index contributed by atoms with van der Waals surface area (Å²) in [6.45, 7) is 4.25. The standard InChI is InChI=1S/C19H23N3O3S/c1-14-6-7-17(26(24,25)22-12-4-3-5-15(22)2)13-18(14)19(23)21-16-8-10-20-11-9-16/h6-11,13,15H,3-5,12H2,1-2H3,(H,20,21,23). The molecule has 0 bridgehead atoms. The van der Waals surface area contributed by atoms with E-state index >= 15 is 0 Å². The van der Waals surface area contributed by atoms with Crippen LogP contribution in [0.5, 0.6) is 0 Å². The minimum absolute atomic E-state index is 0.0239. The van der Waals surface area contributed by atoms with Crippen molar-refractivity contribution in [1.82, 2.24) is 9.29 Å². The Balaban J connectivity index is 1.91. The van der Waals surface area contributed by atoms with E-state index in [1.54, 1.807) is 47.9 Å². The molecule has 0 saturated carbocycles. The number of aryl methyl sites for hydroxylation is 1. The summed E-state index contributed by atoms with van der Waals surface area (Å²) < 4.78 is 27.6. The van der Waals surface area contributed by atoms with Crippen molar-refractivity contribution in [3.05, 3.63) is 53.9 Å². The molecular weight excluding hydrogens is 350 g/mol. The number of carbonyl (C=O) groups is 1. The molecule has 0 aliphatic carbocycles. The molecule has 1 saturated heterocycles. The lowest BCUT2D eigenvalue weighted by Crippen LogP contribution is -2.42. The minimum Gasteiger partial charge on any atom is -0.322 e. The third-order valence-corrected chi connectivity index (χ3v) is 6.75. The monoisotopic (exact) mass is 373 g/mol. The van der Waals surface area contributed by atoms with Gasteiger partial charge in [0.25, 0.3) is 5.91 Å². The van der Waals surface area contributed by atoms with E-state index in [2.05, 4.69) is 10.3 Å². The summed E-state index contributed by atoms with van der Waals surface area (Å²) in [5.41, 5.74) is 1.69. The van der Waals surface area contributed by atoms with E-state index in [4.69, 9.17) is 0 Å². The molecule has 1 amide bonds. The van der Waals surface area contributed by atoms with Crippen LogP contribution in [0.25, 0.3) is 0 Å². The number of benzene rings is 1. The Morgan fingerprint density at radius 2 is 1.92 bits per heavy atom. The number of pyridine rings is 1. The Morgan fingerprint density at radius 3 is 2.62 bits per heavy atom. The first kappa shape index (κ1) is 18.5. The van der Waals surface area contributed by atoms with Gasteiger partial charge in [0.1, 0.15) is 0 Å². The molecule has 1 aromatic heterocycles. The van der Waals surface area contributed by atoms with E-state index in [1.165, 1.54) is 6.07 Å². The van der Waals surface area contributed by atoms with Crippen molar-refractivity contribution in [3.63, 3.8) is 0 Å². The number of nitrogens with zero attached hydrogens (tertiary/aromatic N) is 2.